The summed E-state index contributed by atoms with van der Waals surface area (Å²) in [6.45, 7) is 4.61. The lowest BCUT2D eigenvalue weighted by molar-refractivity contribution is -0.193. The molecule has 2 rings (SSSR count). The van der Waals surface area contributed by atoms with Gasteiger partial charge in [-0.15, -0.1) is 35.0 Å². The van der Waals surface area contributed by atoms with Gasteiger partial charge in [0.2, 0.25) is 0 Å². The standard InChI is InChI=1S/C10H12OS.C5H5BrS.C5H8O.2CO2/c1-9-6-7-10(12-9)5-3-2-4-8-11;1-4-2-3-5(6)7-4;1-2-3-4-5-6;2*2-1-3/h6-7,11H,2,4,8H2,1H3;2-3H,1H3;1,6H,3-5H2;;. The summed E-state index contributed by atoms with van der Waals surface area (Å²) in [5.41, 5.74) is 0. The van der Waals surface area contributed by atoms with Crippen LogP contribution in [0, 0.1) is 38.0 Å². The molecule has 0 saturated heterocycles. The molecule has 2 aromatic rings. The Morgan fingerprint density at radius 3 is 1.65 bits per heavy atom. The molecule has 0 aromatic carbocycles. The molecule has 0 spiro atoms. The van der Waals surface area contributed by atoms with E-state index in [0.717, 1.165) is 24.1 Å². The van der Waals surface area contributed by atoms with E-state index in [2.05, 4.69) is 65.7 Å². The van der Waals surface area contributed by atoms with Gasteiger partial charge in [-0.05, 0) is 66.9 Å². The summed E-state index contributed by atoms with van der Waals surface area (Å²) in [6, 6.07) is 8.25. The number of unbranched alkanes of at least 4 members (excludes halogenated alkanes) is 2. The van der Waals surface area contributed by atoms with E-state index in [-0.39, 0.29) is 25.5 Å². The summed E-state index contributed by atoms with van der Waals surface area (Å²) in [5.74, 6) is 8.48. The Morgan fingerprint density at radius 1 is 0.871 bits per heavy atom. The molecule has 31 heavy (non-hydrogen) atoms. The molecule has 0 amide bonds. The Morgan fingerprint density at radius 2 is 1.35 bits per heavy atom. The second kappa shape index (κ2) is 27.7. The van der Waals surface area contributed by atoms with Gasteiger partial charge in [0.25, 0.3) is 0 Å². The van der Waals surface area contributed by atoms with Crippen molar-refractivity contribution < 1.29 is 29.4 Å². The fourth-order valence-electron chi connectivity index (χ4n) is 1.40. The molecule has 2 N–H and O–H groups in total. The molecule has 0 aliphatic carbocycles. The van der Waals surface area contributed by atoms with Crippen LogP contribution in [0.25, 0.3) is 0 Å². The largest absolute Gasteiger partial charge is 0.396 e. The Labute approximate surface area is 199 Å². The average molecular weight is 529 g/mol. The highest BCUT2D eigenvalue weighted by molar-refractivity contribution is 9.11. The van der Waals surface area contributed by atoms with E-state index < -0.39 is 0 Å². The van der Waals surface area contributed by atoms with Crippen molar-refractivity contribution in [2.45, 2.75) is 39.5 Å². The van der Waals surface area contributed by atoms with Crippen molar-refractivity contribution >= 4 is 50.9 Å². The first-order valence-electron chi connectivity index (χ1n) is 8.77. The highest BCUT2D eigenvalue weighted by Gasteiger charge is 1.89. The third kappa shape index (κ3) is 30.0. The van der Waals surface area contributed by atoms with Crippen molar-refractivity contribution in [3.8, 4) is 24.2 Å². The number of aliphatic hydroxyl groups is 2. The molecule has 0 aliphatic rings. The summed E-state index contributed by atoms with van der Waals surface area (Å²) in [4.78, 5) is 36.3. The van der Waals surface area contributed by atoms with Gasteiger partial charge in [0.1, 0.15) is 0 Å². The van der Waals surface area contributed by atoms with E-state index in [1.54, 1.807) is 22.7 Å². The summed E-state index contributed by atoms with van der Waals surface area (Å²) in [5, 5.41) is 16.6. The molecular weight excluding hydrogens is 504 g/mol. The normalized spacial score (nSPS) is 7.61. The van der Waals surface area contributed by atoms with Crippen LogP contribution in [0.5, 0.6) is 0 Å². The lowest BCUT2D eigenvalue weighted by Gasteiger charge is -1.82. The van der Waals surface area contributed by atoms with Gasteiger partial charge in [0.15, 0.2) is 0 Å². The lowest BCUT2D eigenvalue weighted by Crippen LogP contribution is -1.78. The van der Waals surface area contributed by atoms with Gasteiger partial charge in [-0.25, -0.2) is 0 Å². The number of aryl methyl sites for hydroxylation is 2. The Kier molecular flexibility index (Phi) is 29.8. The zero-order valence-electron chi connectivity index (χ0n) is 17.4. The average Bonchev–Trinajstić information content (AvgIpc) is 3.32. The van der Waals surface area contributed by atoms with Gasteiger partial charge in [-0.2, -0.15) is 19.2 Å². The molecule has 0 atom stereocenters. The molecule has 0 unspecified atom stereocenters. The maximum absolute atomic E-state index is 8.50. The third-order valence-corrected chi connectivity index (χ3v) is 5.05. The van der Waals surface area contributed by atoms with Gasteiger partial charge in [-0.1, -0.05) is 11.8 Å². The van der Waals surface area contributed by atoms with Gasteiger partial charge in [0, 0.05) is 35.8 Å². The zero-order chi connectivity index (χ0) is 24.3. The third-order valence-electron chi connectivity index (χ3n) is 2.60. The maximum atomic E-state index is 8.50. The second-order valence-corrected chi connectivity index (χ2v) is 9.04. The second-order valence-electron chi connectivity index (χ2n) is 5.09. The van der Waals surface area contributed by atoms with Crippen LogP contribution in [0.3, 0.4) is 0 Å². The van der Waals surface area contributed by atoms with Crippen LogP contribution in [0.1, 0.15) is 40.3 Å². The summed E-state index contributed by atoms with van der Waals surface area (Å²) in [7, 11) is 0. The number of halogens is 1. The van der Waals surface area contributed by atoms with Crippen LogP contribution in [0.4, 0.5) is 0 Å². The molecule has 6 nitrogen and oxygen atoms in total. The number of thiophene rings is 2. The van der Waals surface area contributed by atoms with Gasteiger partial charge in [0.05, 0.1) is 8.66 Å². The van der Waals surface area contributed by atoms with Crippen LogP contribution in [0.2, 0.25) is 0 Å². The van der Waals surface area contributed by atoms with Crippen LogP contribution in [-0.4, -0.2) is 35.7 Å². The van der Waals surface area contributed by atoms with Crippen molar-refractivity contribution in [3.05, 3.63) is 42.7 Å². The fourth-order valence-corrected chi connectivity index (χ4v) is 3.62. The molecule has 2 heterocycles. The topological polar surface area (TPSA) is 109 Å². The lowest BCUT2D eigenvalue weighted by atomic mass is 10.3. The molecule has 0 fully saturated rings. The van der Waals surface area contributed by atoms with E-state index in [1.807, 2.05) is 6.07 Å². The minimum absolute atomic E-state index is 0.212. The number of aliphatic hydroxyl groups excluding tert-OH is 2. The quantitative estimate of drug-likeness (QED) is 0.454. The molecule has 0 radical (unpaired) electrons. The SMILES string of the molecule is C#CCCCO.Cc1ccc(Br)s1.Cc1ccc(C#CCCCO)s1.O=C=O.O=C=O. The predicted molar refractivity (Wildman–Crippen MR) is 124 cm³/mol. The van der Waals surface area contributed by atoms with Crippen molar-refractivity contribution in [1.29, 1.82) is 0 Å². The number of carbonyl (C=O) groups excluding carboxylic acids is 4. The van der Waals surface area contributed by atoms with E-state index in [0.29, 0.717) is 6.42 Å². The molecular formula is C22H25BrO6S2. The minimum atomic E-state index is 0.212. The number of rotatable bonds is 4. The van der Waals surface area contributed by atoms with Crippen molar-refractivity contribution in [2.75, 3.05) is 13.2 Å². The molecule has 0 saturated carbocycles. The van der Waals surface area contributed by atoms with Crippen LogP contribution in [0.15, 0.2) is 28.1 Å². The highest BCUT2D eigenvalue weighted by Crippen LogP contribution is 2.20. The summed E-state index contributed by atoms with van der Waals surface area (Å²) < 4.78 is 1.21. The maximum Gasteiger partial charge on any atom is 0.373 e. The van der Waals surface area contributed by atoms with E-state index in [9.17, 15) is 0 Å². The highest BCUT2D eigenvalue weighted by atomic mass is 79.9. The number of terminal acetylenes is 1. The van der Waals surface area contributed by atoms with Crippen LogP contribution < -0.4 is 0 Å². The first kappa shape index (κ1) is 33.3. The first-order valence-corrected chi connectivity index (χ1v) is 11.2. The Hall–Kier alpha value is -2.32. The smallest absolute Gasteiger partial charge is 0.373 e. The Balaban J connectivity index is -0.000000355. The summed E-state index contributed by atoms with van der Waals surface area (Å²) >= 11 is 6.82. The molecule has 0 bridgehead atoms. The number of hydrogen-bond acceptors (Lipinski definition) is 8. The van der Waals surface area contributed by atoms with Crippen LogP contribution in [-0.2, 0) is 19.2 Å². The Bertz CT molecular complexity index is 815. The minimum Gasteiger partial charge on any atom is -0.396 e. The summed E-state index contributed by atoms with van der Waals surface area (Å²) in [6.07, 6.45) is 8.34. The van der Waals surface area contributed by atoms with E-state index >= 15 is 0 Å². The zero-order valence-corrected chi connectivity index (χ0v) is 20.6. The van der Waals surface area contributed by atoms with Gasteiger partial charge < -0.3 is 10.2 Å². The van der Waals surface area contributed by atoms with Gasteiger partial charge >= 0.3 is 12.3 Å². The van der Waals surface area contributed by atoms with Crippen LogP contribution >= 0.6 is 38.6 Å². The molecule has 2 aromatic heterocycles. The van der Waals surface area contributed by atoms with Crippen molar-refractivity contribution in [1.82, 2.24) is 0 Å². The van der Waals surface area contributed by atoms with Gasteiger partial charge in [-0.3, -0.25) is 0 Å². The van der Waals surface area contributed by atoms with Crippen molar-refractivity contribution in [3.63, 3.8) is 0 Å². The molecule has 0 aliphatic heterocycles. The molecule has 9 heteroatoms. The number of hydrogen-bond donors (Lipinski definition) is 2. The monoisotopic (exact) mass is 528 g/mol. The first-order chi connectivity index (χ1) is 14.9. The van der Waals surface area contributed by atoms with E-state index in [4.69, 9.17) is 35.8 Å². The predicted octanol–water partition coefficient (Wildman–Crippen LogP) is 4.22. The molecule has 168 valence electrons. The van der Waals surface area contributed by atoms with Crippen molar-refractivity contribution in [2.24, 2.45) is 0 Å². The van der Waals surface area contributed by atoms with E-state index in [1.165, 1.54) is 13.5 Å². The fraction of sp³-hybridized carbons (Fsp3) is 0.364.